The van der Waals surface area contributed by atoms with Gasteiger partial charge in [0.2, 0.25) is 11.8 Å². The van der Waals surface area contributed by atoms with Crippen LogP contribution in [0.2, 0.25) is 0 Å². The number of nitrogens with one attached hydrogen (secondary N) is 2. The van der Waals surface area contributed by atoms with Crippen molar-refractivity contribution in [3.05, 3.63) is 29.8 Å². The topological polar surface area (TPSA) is 61.4 Å². The molecular weight excluding hydrogens is 254 g/mol. The summed E-state index contributed by atoms with van der Waals surface area (Å²) in [5.74, 6) is 0.172. The highest BCUT2D eigenvalue weighted by Gasteiger charge is 2.31. The minimum absolute atomic E-state index is 0.0169. The average Bonchev–Trinajstić information content (AvgIpc) is 2.98. The lowest BCUT2D eigenvalue weighted by Crippen LogP contribution is -2.41. The Morgan fingerprint density at radius 2 is 2.25 bits per heavy atom. The predicted octanol–water partition coefficient (Wildman–Crippen LogP) is 0.933. The number of amides is 2. The number of fused-ring (bicyclic) bond motifs is 1. The van der Waals surface area contributed by atoms with Crippen molar-refractivity contribution in [3.63, 3.8) is 0 Å². The Morgan fingerprint density at radius 1 is 1.45 bits per heavy atom. The molecule has 1 saturated heterocycles. The van der Waals surface area contributed by atoms with Gasteiger partial charge in [0.15, 0.2) is 0 Å². The highest BCUT2D eigenvalue weighted by atomic mass is 16.2. The molecule has 2 heterocycles. The number of carbonyl (C=O) groups excluding carboxylic acids is 2. The molecule has 0 saturated carbocycles. The van der Waals surface area contributed by atoms with Crippen LogP contribution in [0.1, 0.15) is 24.3 Å². The minimum atomic E-state index is -0.336. The second-order valence-electron chi connectivity index (χ2n) is 5.54. The van der Waals surface area contributed by atoms with Crippen LogP contribution in [0.4, 0.5) is 5.69 Å². The van der Waals surface area contributed by atoms with E-state index in [1.807, 2.05) is 18.2 Å². The molecule has 1 aromatic rings. The molecule has 106 valence electrons. The number of benzene rings is 1. The summed E-state index contributed by atoms with van der Waals surface area (Å²) in [4.78, 5) is 25.5. The molecule has 20 heavy (non-hydrogen) atoms. The molecule has 2 aliphatic heterocycles. The Hall–Kier alpha value is -2.04. The predicted molar refractivity (Wildman–Crippen MR) is 76.5 cm³/mol. The van der Waals surface area contributed by atoms with Crippen LogP contribution in [0.5, 0.6) is 0 Å². The summed E-state index contributed by atoms with van der Waals surface area (Å²) >= 11 is 0. The van der Waals surface area contributed by atoms with Crippen LogP contribution in [0.25, 0.3) is 0 Å². The molecule has 1 fully saturated rings. The third kappa shape index (κ3) is 2.35. The number of likely N-dealkylation sites (N-methyl/N-ethyl adjacent to an activating group) is 1. The smallest absolute Gasteiger partial charge is 0.244 e. The van der Waals surface area contributed by atoms with Gasteiger partial charge in [-0.2, -0.15) is 0 Å². The number of likely N-dealkylation sites (tertiary alicyclic amines) is 1. The van der Waals surface area contributed by atoms with Crippen LogP contribution < -0.4 is 10.6 Å². The molecule has 2 amide bonds. The molecule has 2 aliphatic rings. The van der Waals surface area contributed by atoms with Gasteiger partial charge in [0.1, 0.15) is 6.04 Å². The summed E-state index contributed by atoms with van der Waals surface area (Å²) in [6.45, 7) is 1.50. The van der Waals surface area contributed by atoms with Gasteiger partial charge in [-0.05, 0) is 18.1 Å². The van der Waals surface area contributed by atoms with E-state index in [4.69, 9.17) is 0 Å². The molecule has 2 N–H and O–H groups in total. The number of carbonyl (C=O) groups is 2. The molecule has 0 radical (unpaired) electrons. The Balaban J connectivity index is 1.59. The zero-order valence-corrected chi connectivity index (χ0v) is 11.6. The number of anilines is 1. The van der Waals surface area contributed by atoms with Gasteiger partial charge in [0.05, 0.1) is 0 Å². The lowest BCUT2D eigenvalue weighted by molar-refractivity contribution is -0.131. The molecule has 2 atom stereocenters. The van der Waals surface area contributed by atoms with Crippen molar-refractivity contribution in [2.24, 2.45) is 0 Å². The van der Waals surface area contributed by atoms with Crippen LogP contribution in [0.15, 0.2) is 24.3 Å². The third-order valence-electron chi connectivity index (χ3n) is 4.13. The Kier molecular flexibility index (Phi) is 3.34. The number of nitrogens with zero attached hydrogens (tertiary/aromatic N) is 1. The molecule has 0 spiro atoms. The molecule has 5 nitrogen and oxygen atoms in total. The molecular formula is C15H19N3O2. The molecule has 5 heteroatoms. The maximum Gasteiger partial charge on any atom is 0.244 e. The van der Waals surface area contributed by atoms with E-state index >= 15 is 0 Å². The van der Waals surface area contributed by atoms with E-state index in [1.165, 1.54) is 5.56 Å². The van der Waals surface area contributed by atoms with Crippen LogP contribution in [-0.4, -0.2) is 42.9 Å². The van der Waals surface area contributed by atoms with E-state index in [9.17, 15) is 9.59 Å². The summed E-state index contributed by atoms with van der Waals surface area (Å²) in [6.07, 6.45) is 1.14. The lowest BCUT2D eigenvalue weighted by Gasteiger charge is -2.14. The monoisotopic (exact) mass is 273 g/mol. The van der Waals surface area contributed by atoms with Gasteiger partial charge < -0.3 is 15.5 Å². The fraction of sp³-hybridized carbons (Fsp3) is 0.467. The first kappa shape index (κ1) is 13.0. The summed E-state index contributed by atoms with van der Waals surface area (Å²) in [7, 11) is 1.77. The second-order valence-corrected chi connectivity index (χ2v) is 5.54. The van der Waals surface area contributed by atoms with Crippen molar-refractivity contribution in [1.29, 1.82) is 0 Å². The number of hydrogen-bond donors (Lipinski definition) is 2. The van der Waals surface area contributed by atoms with Gasteiger partial charge in [-0.15, -0.1) is 0 Å². The maximum atomic E-state index is 12.1. The van der Waals surface area contributed by atoms with Crippen molar-refractivity contribution >= 4 is 17.5 Å². The quantitative estimate of drug-likeness (QED) is 0.861. The summed E-state index contributed by atoms with van der Waals surface area (Å²) in [6, 6.07) is 7.73. The summed E-state index contributed by atoms with van der Waals surface area (Å²) in [5, 5.41) is 6.17. The fourth-order valence-corrected chi connectivity index (χ4v) is 2.97. The van der Waals surface area contributed by atoms with Crippen LogP contribution in [0, 0.1) is 0 Å². The normalized spacial score (nSPS) is 24.4. The third-order valence-corrected chi connectivity index (χ3v) is 4.13. The maximum absolute atomic E-state index is 12.1. The van der Waals surface area contributed by atoms with Crippen molar-refractivity contribution < 1.29 is 9.59 Å². The van der Waals surface area contributed by atoms with Gasteiger partial charge in [-0.3, -0.25) is 9.59 Å². The number of hydrogen-bond acceptors (Lipinski definition) is 3. The Morgan fingerprint density at radius 3 is 3.00 bits per heavy atom. The fourth-order valence-electron chi connectivity index (χ4n) is 2.97. The molecule has 0 aliphatic carbocycles. The highest BCUT2D eigenvalue weighted by Crippen LogP contribution is 2.33. The van der Waals surface area contributed by atoms with Gasteiger partial charge in [-0.1, -0.05) is 18.2 Å². The second kappa shape index (κ2) is 5.15. The van der Waals surface area contributed by atoms with Crippen molar-refractivity contribution in [2.75, 3.05) is 25.5 Å². The van der Waals surface area contributed by atoms with Crippen molar-refractivity contribution in [1.82, 2.24) is 10.2 Å². The summed E-state index contributed by atoms with van der Waals surface area (Å²) in [5.41, 5.74) is 2.31. The van der Waals surface area contributed by atoms with Crippen LogP contribution >= 0.6 is 0 Å². The first-order valence-electron chi connectivity index (χ1n) is 7.02. The Labute approximate surface area is 118 Å². The molecule has 3 rings (SSSR count). The number of rotatable bonds is 3. The van der Waals surface area contributed by atoms with Crippen LogP contribution in [-0.2, 0) is 9.59 Å². The van der Waals surface area contributed by atoms with Crippen LogP contribution in [0.3, 0.4) is 0 Å². The standard InChI is InChI=1S/C15H19N3O2/c1-18-7-6-13(15(18)20)17-14(19)8-10-9-16-12-5-3-2-4-11(10)12/h2-5,10,13,16H,6-9H2,1H3,(H,17,19). The van der Waals surface area contributed by atoms with E-state index in [-0.39, 0.29) is 23.8 Å². The first-order valence-corrected chi connectivity index (χ1v) is 7.02. The van der Waals surface area contributed by atoms with Crippen molar-refractivity contribution in [2.45, 2.75) is 24.8 Å². The van der Waals surface area contributed by atoms with E-state index in [0.29, 0.717) is 12.8 Å². The van der Waals surface area contributed by atoms with E-state index < -0.39 is 0 Å². The van der Waals surface area contributed by atoms with E-state index in [1.54, 1.807) is 11.9 Å². The lowest BCUT2D eigenvalue weighted by atomic mass is 9.97. The van der Waals surface area contributed by atoms with Gasteiger partial charge in [0.25, 0.3) is 0 Å². The highest BCUT2D eigenvalue weighted by molar-refractivity contribution is 5.89. The van der Waals surface area contributed by atoms with Gasteiger partial charge >= 0.3 is 0 Å². The number of para-hydroxylation sites is 1. The first-order chi connectivity index (χ1) is 9.65. The minimum Gasteiger partial charge on any atom is -0.384 e. The molecule has 0 bridgehead atoms. The van der Waals surface area contributed by atoms with E-state index in [0.717, 1.165) is 18.8 Å². The largest absolute Gasteiger partial charge is 0.384 e. The molecule has 2 unspecified atom stereocenters. The zero-order chi connectivity index (χ0) is 14.1. The zero-order valence-electron chi connectivity index (χ0n) is 11.6. The van der Waals surface area contributed by atoms with E-state index in [2.05, 4.69) is 16.7 Å². The Bertz CT molecular complexity index is 544. The van der Waals surface area contributed by atoms with Gasteiger partial charge in [-0.25, -0.2) is 0 Å². The summed E-state index contributed by atoms with van der Waals surface area (Å²) < 4.78 is 0. The van der Waals surface area contributed by atoms with Gasteiger partial charge in [0, 0.05) is 38.2 Å². The molecule has 0 aromatic heterocycles. The average molecular weight is 273 g/mol. The van der Waals surface area contributed by atoms with Crippen molar-refractivity contribution in [3.8, 4) is 0 Å². The SMILES string of the molecule is CN1CCC(NC(=O)CC2CNc3ccccc32)C1=O. The molecule has 1 aromatic carbocycles.